The number of hydrogen-bond donors (Lipinski definition) is 1. The van der Waals surface area contributed by atoms with Crippen molar-refractivity contribution in [3.8, 4) is 6.07 Å². The number of anilines is 1. The van der Waals surface area contributed by atoms with Crippen LogP contribution in [0.4, 0.5) is 5.82 Å². The van der Waals surface area contributed by atoms with Crippen LogP contribution in [0, 0.1) is 11.3 Å². The van der Waals surface area contributed by atoms with Gasteiger partial charge < -0.3 is 10.1 Å². The molecule has 2 heterocycles. The fraction of sp³-hybridized carbons (Fsp3) is 0.538. The van der Waals surface area contributed by atoms with Crippen LogP contribution in [0.1, 0.15) is 32.3 Å². The second kappa shape index (κ2) is 5.13. The van der Waals surface area contributed by atoms with Crippen LogP contribution in [-0.2, 0) is 4.74 Å². The highest BCUT2D eigenvalue weighted by atomic mass is 35.5. The lowest BCUT2D eigenvalue weighted by Crippen LogP contribution is -2.40. The molecule has 1 aromatic rings. The summed E-state index contributed by atoms with van der Waals surface area (Å²) in [4.78, 5) is 4.19. The van der Waals surface area contributed by atoms with Crippen molar-refractivity contribution in [2.45, 2.75) is 38.3 Å². The maximum absolute atomic E-state index is 8.89. The number of pyridine rings is 1. The molecule has 1 unspecified atom stereocenters. The Morgan fingerprint density at radius 2 is 2.33 bits per heavy atom. The van der Waals surface area contributed by atoms with Crippen LogP contribution in [0.2, 0.25) is 5.15 Å². The maximum atomic E-state index is 8.89. The molecule has 1 aromatic heterocycles. The molecule has 96 valence electrons. The van der Waals surface area contributed by atoms with Crippen LogP contribution in [0.5, 0.6) is 0 Å². The molecule has 5 heteroatoms. The van der Waals surface area contributed by atoms with Crippen LogP contribution >= 0.6 is 11.6 Å². The van der Waals surface area contributed by atoms with Gasteiger partial charge in [0.2, 0.25) is 0 Å². The van der Waals surface area contributed by atoms with E-state index in [1.165, 1.54) is 0 Å². The Balaban J connectivity index is 2.10. The lowest BCUT2D eigenvalue weighted by atomic mass is 9.94. The molecule has 0 radical (unpaired) electrons. The molecule has 0 saturated carbocycles. The Kier molecular flexibility index (Phi) is 3.74. The number of rotatable bonds is 2. The van der Waals surface area contributed by atoms with Crippen molar-refractivity contribution in [3.05, 3.63) is 22.8 Å². The molecule has 0 aliphatic carbocycles. The van der Waals surface area contributed by atoms with Crippen molar-refractivity contribution in [1.82, 2.24) is 4.98 Å². The van der Waals surface area contributed by atoms with Gasteiger partial charge in [0.05, 0.1) is 17.2 Å². The molecule has 1 N–H and O–H groups in total. The maximum Gasteiger partial charge on any atom is 0.132 e. The number of hydrogen-bond acceptors (Lipinski definition) is 4. The third-order valence-electron chi connectivity index (χ3n) is 2.97. The summed E-state index contributed by atoms with van der Waals surface area (Å²) in [5.74, 6) is 0.654. The quantitative estimate of drug-likeness (QED) is 0.835. The van der Waals surface area contributed by atoms with E-state index in [9.17, 15) is 0 Å². The monoisotopic (exact) mass is 265 g/mol. The summed E-state index contributed by atoms with van der Waals surface area (Å²) >= 11 is 5.88. The molecule has 0 aromatic carbocycles. The van der Waals surface area contributed by atoms with Crippen LogP contribution in [0.15, 0.2) is 12.1 Å². The van der Waals surface area contributed by atoms with E-state index in [0.717, 1.165) is 19.4 Å². The average molecular weight is 266 g/mol. The third kappa shape index (κ3) is 3.34. The highest BCUT2D eigenvalue weighted by molar-refractivity contribution is 6.29. The van der Waals surface area contributed by atoms with Crippen LogP contribution < -0.4 is 5.32 Å². The molecule has 0 amide bonds. The standard InChI is InChI=1S/C13H16ClN3O/c1-13(2)7-10(3-4-18-13)16-12-6-9(8-15)5-11(14)17-12/h5-6,10H,3-4,7H2,1-2H3,(H,16,17). The zero-order valence-corrected chi connectivity index (χ0v) is 11.3. The first-order valence-corrected chi connectivity index (χ1v) is 6.34. The van der Waals surface area contributed by atoms with Gasteiger partial charge in [0, 0.05) is 12.6 Å². The molecule has 2 rings (SSSR count). The summed E-state index contributed by atoms with van der Waals surface area (Å²) in [6.45, 7) is 4.89. The summed E-state index contributed by atoms with van der Waals surface area (Å²) < 4.78 is 5.66. The summed E-state index contributed by atoms with van der Waals surface area (Å²) in [6.07, 6.45) is 1.84. The van der Waals surface area contributed by atoms with Crippen LogP contribution in [0.25, 0.3) is 0 Å². The number of halogens is 1. The van der Waals surface area contributed by atoms with Gasteiger partial charge in [-0.15, -0.1) is 0 Å². The van der Waals surface area contributed by atoms with Gasteiger partial charge in [0.1, 0.15) is 11.0 Å². The topological polar surface area (TPSA) is 57.9 Å². The van der Waals surface area contributed by atoms with E-state index in [1.807, 2.05) is 0 Å². The Morgan fingerprint density at radius 1 is 1.56 bits per heavy atom. The first-order valence-electron chi connectivity index (χ1n) is 5.97. The molecule has 1 saturated heterocycles. The first kappa shape index (κ1) is 13.1. The second-order valence-electron chi connectivity index (χ2n) is 5.12. The summed E-state index contributed by atoms with van der Waals surface area (Å²) in [7, 11) is 0. The largest absolute Gasteiger partial charge is 0.375 e. The van der Waals surface area contributed by atoms with Gasteiger partial charge in [0.15, 0.2) is 0 Å². The molecule has 1 aliphatic rings. The Labute approximate surface area is 112 Å². The number of nitrogens with one attached hydrogen (secondary N) is 1. The summed E-state index contributed by atoms with van der Waals surface area (Å²) in [6, 6.07) is 5.64. The highest BCUT2D eigenvalue weighted by Gasteiger charge is 2.28. The van der Waals surface area contributed by atoms with Crippen LogP contribution in [-0.4, -0.2) is 23.2 Å². The fourth-order valence-electron chi connectivity index (χ4n) is 2.20. The van der Waals surface area contributed by atoms with E-state index in [-0.39, 0.29) is 5.60 Å². The molecule has 1 atom stereocenters. The first-order chi connectivity index (χ1) is 8.48. The van der Waals surface area contributed by atoms with Crippen molar-refractivity contribution in [3.63, 3.8) is 0 Å². The van der Waals surface area contributed by atoms with E-state index in [1.54, 1.807) is 12.1 Å². The number of nitriles is 1. The molecule has 18 heavy (non-hydrogen) atoms. The van der Waals surface area contributed by atoms with Gasteiger partial charge >= 0.3 is 0 Å². The van der Waals surface area contributed by atoms with Crippen molar-refractivity contribution < 1.29 is 4.74 Å². The van der Waals surface area contributed by atoms with E-state index in [2.05, 4.69) is 30.2 Å². The minimum atomic E-state index is -0.119. The molecule has 0 spiro atoms. The average Bonchev–Trinajstić information content (AvgIpc) is 2.26. The van der Waals surface area contributed by atoms with Crippen molar-refractivity contribution in [1.29, 1.82) is 5.26 Å². The Hall–Kier alpha value is -1.31. The number of aromatic nitrogens is 1. The molecule has 4 nitrogen and oxygen atoms in total. The van der Waals surface area contributed by atoms with E-state index in [0.29, 0.717) is 22.6 Å². The van der Waals surface area contributed by atoms with Gasteiger partial charge in [-0.25, -0.2) is 4.98 Å². The van der Waals surface area contributed by atoms with Gasteiger partial charge in [-0.05, 0) is 38.8 Å². The number of nitrogens with zero attached hydrogens (tertiary/aromatic N) is 2. The van der Waals surface area contributed by atoms with Crippen molar-refractivity contribution in [2.75, 3.05) is 11.9 Å². The zero-order chi connectivity index (χ0) is 13.2. The van der Waals surface area contributed by atoms with Crippen LogP contribution in [0.3, 0.4) is 0 Å². The number of ether oxygens (including phenoxy) is 1. The van der Waals surface area contributed by atoms with Gasteiger partial charge in [0.25, 0.3) is 0 Å². The molecule has 0 bridgehead atoms. The normalized spacial score (nSPS) is 22.2. The SMILES string of the molecule is CC1(C)CC(Nc2cc(C#N)cc(Cl)n2)CCO1. The highest BCUT2D eigenvalue weighted by Crippen LogP contribution is 2.26. The lowest BCUT2D eigenvalue weighted by molar-refractivity contribution is -0.0553. The summed E-state index contributed by atoms with van der Waals surface area (Å²) in [5.41, 5.74) is 0.399. The predicted molar refractivity (Wildman–Crippen MR) is 70.6 cm³/mol. The molecule has 1 aliphatic heterocycles. The minimum Gasteiger partial charge on any atom is -0.375 e. The predicted octanol–water partition coefficient (Wildman–Crippen LogP) is 2.98. The molecule has 1 fully saturated rings. The molecular weight excluding hydrogens is 250 g/mol. The Morgan fingerprint density at radius 3 is 3.00 bits per heavy atom. The van der Waals surface area contributed by atoms with Gasteiger partial charge in [-0.3, -0.25) is 0 Å². The van der Waals surface area contributed by atoms with Crippen molar-refractivity contribution in [2.24, 2.45) is 0 Å². The smallest absolute Gasteiger partial charge is 0.132 e. The lowest BCUT2D eigenvalue weighted by Gasteiger charge is -2.36. The Bertz CT molecular complexity index is 482. The third-order valence-corrected chi connectivity index (χ3v) is 3.17. The van der Waals surface area contributed by atoms with Gasteiger partial charge in [-0.1, -0.05) is 11.6 Å². The van der Waals surface area contributed by atoms with E-state index in [4.69, 9.17) is 21.6 Å². The summed E-state index contributed by atoms with van der Waals surface area (Å²) in [5, 5.41) is 12.6. The van der Waals surface area contributed by atoms with E-state index < -0.39 is 0 Å². The fourth-order valence-corrected chi connectivity index (χ4v) is 2.41. The second-order valence-corrected chi connectivity index (χ2v) is 5.51. The zero-order valence-electron chi connectivity index (χ0n) is 10.5. The van der Waals surface area contributed by atoms with Crippen molar-refractivity contribution >= 4 is 17.4 Å². The van der Waals surface area contributed by atoms with Gasteiger partial charge in [-0.2, -0.15) is 5.26 Å². The minimum absolute atomic E-state index is 0.119. The van der Waals surface area contributed by atoms with E-state index >= 15 is 0 Å². The molecular formula is C13H16ClN3O.